The number of nitrogens with one attached hydrogen (secondary N) is 2. The SMILES string of the molecule is Cc1ccc(S(=O)(=O)NCCCC(=O)NCc2ccccc2-c2ccc(CN(C)C)cc2)cc1C. The molecule has 0 saturated carbocycles. The fourth-order valence-corrected chi connectivity index (χ4v) is 4.97. The summed E-state index contributed by atoms with van der Waals surface area (Å²) < 4.78 is 27.6. The number of nitrogens with zero attached hydrogens (tertiary/aromatic N) is 1. The van der Waals surface area contributed by atoms with Gasteiger partial charge in [-0.05, 0) is 79.9 Å². The van der Waals surface area contributed by atoms with Crippen LogP contribution in [0.15, 0.2) is 71.6 Å². The molecule has 35 heavy (non-hydrogen) atoms. The Hall–Kier alpha value is -3.00. The van der Waals surface area contributed by atoms with Crippen LogP contribution in [0.5, 0.6) is 0 Å². The smallest absolute Gasteiger partial charge is 0.240 e. The number of carbonyl (C=O) groups excluding carboxylic acids is 1. The van der Waals surface area contributed by atoms with Gasteiger partial charge in [0.1, 0.15) is 0 Å². The van der Waals surface area contributed by atoms with E-state index < -0.39 is 10.0 Å². The Bertz CT molecular complexity index is 1250. The fraction of sp³-hybridized carbons (Fsp3) is 0.321. The molecular formula is C28H35N3O3S. The molecule has 0 unspecified atom stereocenters. The number of aryl methyl sites for hydroxylation is 2. The van der Waals surface area contributed by atoms with Gasteiger partial charge in [0.15, 0.2) is 0 Å². The monoisotopic (exact) mass is 493 g/mol. The van der Waals surface area contributed by atoms with Crippen molar-refractivity contribution in [2.24, 2.45) is 0 Å². The van der Waals surface area contributed by atoms with Crippen molar-refractivity contribution in [3.63, 3.8) is 0 Å². The summed E-state index contributed by atoms with van der Waals surface area (Å²) in [5, 5.41) is 2.97. The highest BCUT2D eigenvalue weighted by Gasteiger charge is 2.14. The second-order valence-electron chi connectivity index (χ2n) is 9.12. The average molecular weight is 494 g/mol. The summed E-state index contributed by atoms with van der Waals surface area (Å²) in [5.74, 6) is -0.105. The lowest BCUT2D eigenvalue weighted by Gasteiger charge is -2.13. The Kier molecular flexibility index (Phi) is 9.20. The summed E-state index contributed by atoms with van der Waals surface area (Å²) in [6.45, 7) is 5.34. The Labute approximate surface area is 209 Å². The number of hydrogen-bond donors (Lipinski definition) is 2. The number of benzene rings is 3. The van der Waals surface area contributed by atoms with Crippen molar-refractivity contribution in [3.8, 4) is 11.1 Å². The molecule has 7 heteroatoms. The fourth-order valence-electron chi connectivity index (χ4n) is 3.81. The Balaban J connectivity index is 1.50. The van der Waals surface area contributed by atoms with Gasteiger partial charge in [-0.15, -0.1) is 0 Å². The normalized spacial score (nSPS) is 11.6. The lowest BCUT2D eigenvalue weighted by Crippen LogP contribution is -2.27. The first-order chi connectivity index (χ1) is 16.7. The van der Waals surface area contributed by atoms with Gasteiger partial charge in [0.05, 0.1) is 4.90 Å². The number of hydrogen-bond acceptors (Lipinski definition) is 4. The summed E-state index contributed by atoms with van der Waals surface area (Å²) in [6, 6.07) is 21.6. The number of rotatable bonds is 11. The Morgan fingerprint density at radius 1 is 0.914 bits per heavy atom. The molecule has 186 valence electrons. The van der Waals surface area contributed by atoms with E-state index in [1.807, 2.05) is 46.1 Å². The van der Waals surface area contributed by atoms with Crippen molar-refractivity contribution in [1.29, 1.82) is 0 Å². The van der Waals surface area contributed by atoms with E-state index in [9.17, 15) is 13.2 Å². The molecule has 6 nitrogen and oxygen atoms in total. The molecule has 0 aliphatic rings. The van der Waals surface area contributed by atoms with Crippen molar-refractivity contribution >= 4 is 15.9 Å². The maximum absolute atomic E-state index is 12.5. The van der Waals surface area contributed by atoms with Crippen molar-refractivity contribution in [1.82, 2.24) is 14.9 Å². The van der Waals surface area contributed by atoms with E-state index in [1.54, 1.807) is 18.2 Å². The van der Waals surface area contributed by atoms with E-state index in [4.69, 9.17) is 0 Å². The number of carbonyl (C=O) groups is 1. The highest BCUT2D eigenvalue weighted by atomic mass is 32.2. The number of amides is 1. The van der Waals surface area contributed by atoms with Crippen molar-refractivity contribution in [3.05, 3.63) is 89.0 Å². The van der Waals surface area contributed by atoms with Gasteiger partial charge >= 0.3 is 0 Å². The van der Waals surface area contributed by atoms with Gasteiger partial charge in [0.2, 0.25) is 15.9 Å². The molecule has 0 radical (unpaired) electrons. The zero-order chi connectivity index (χ0) is 25.4. The average Bonchev–Trinajstić information content (AvgIpc) is 2.82. The molecule has 0 atom stereocenters. The maximum atomic E-state index is 12.5. The first-order valence-corrected chi connectivity index (χ1v) is 13.3. The summed E-state index contributed by atoms with van der Waals surface area (Å²) in [4.78, 5) is 14.8. The van der Waals surface area contributed by atoms with E-state index in [-0.39, 0.29) is 23.8 Å². The standard InChI is InChI=1S/C28H35N3O3S/c1-21-11-16-26(18-22(21)2)35(33,34)30-17-7-10-28(32)29-19-25-8-5-6-9-27(25)24-14-12-23(13-15-24)20-31(3)4/h5-6,8-9,11-16,18,30H,7,10,17,19-20H2,1-4H3,(H,29,32). The quantitative estimate of drug-likeness (QED) is 0.388. The minimum atomic E-state index is -3.58. The van der Waals surface area contributed by atoms with Crippen LogP contribution in [0.4, 0.5) is 0 Å². The second kappa shape index (κ2) is 12.1. The van der Waals surface area contributed by atoms with E-state index >= 15 is 0 Å². The van der Waals surface area contributed by atoms with Crippen LogP contribution >= 0.6 is 0 Å². The van der Waals surface area contributed by atoms with E-state index in [0.717, 1.165) is 34.4 Å². The van der Waals surface area contributed by atoms with E-state index in [0.29, 0.717) is 13.0 Å². The van der Waals surface area contributed by atoms with Gasteiger partial charge < -0.3 is 10.2 Å². The third kappa shape index (κ3) is 7.75. The van der Waals surface area contributed by atoms with Gasteiger partial charge in [-0.1, -0.05) is 54.6 Å². The van der Waals surface area contributed by atoms with Crippen LogP contribution in [-0.4, -0.2) is 39.9 Å². The molecule has 3 aromatic carbocycles. The molecule has 0 saturated heterocycles. The van der Waals surface area contributed by atoms with Crippen LogP contribution in [0, 0.1) is 13.8 Å². The third-order valence-electron chi connectivity index (χ3n) is 5.92. The highest BCUT2D eigenvalue weighted by molar-refractivity contribution is 7.89. The first-order valence-electron chi connectivity index (χ1n) is 11.8. The molecule has 1 amide bonds. The van der Waals surface area contributed by atoms with Crippen LogP contribution in [0.2, 0.25) is 0 Å². The molecule has 0 spiro atoms. The highest BCUT2D eigenvalue weighted by Crippen LogP contribution is 2.24. The maximum Gasteiger partial charge on any atom is 0.240 e. The molecule has 0 aromatic heterocycles. The number of sulfonamides is 1. The van der Waals surface area contributed by atoms with Gasteiger partial charge in [-0.3, -0.25) is 4.79 Å². The molecule has 3 aromatic rings. The predicted octanol–water partition coefficient (Wildman–Crippen LogP) is 4.41. The van der Waals surface area contributed by atoms with Gasteiger partial charge in [-0.2, -0.15) is 0 Å². The van der Waals surface area contributed by atoms with Gasteiger partial charge in [0, 0.05) is 26.1 Å². The Morgan fingerprint density at radius 2 is 1.63 bits per heavy atom. The van der Waals surface area contributed by atoms with Crippen LogP contribution < -0.4 is 10.0 Å². The molecule has 3 rings (SSSR count). The van der Waals surface area contributed by atoms with E-state index in [1.165, 1.54) is 5.56 Å². The zero-order valence-corrected chi connectivity index (χ0v) is 21.8. The van der Waals surface area contributed by atoms with Crippen molar-refractivity contribution in [2.75, 3.05) is 20.6 Å². The zero-order valence-electron chi connectivity index (χ0n) is 21.0. The molecule has 0 aliphatic heterocycles. The summed E-state index contributed by atoms with van der Waals surface area (Å²) in [7, 11) is 0.511. The molecule has 0 aliphatic carbocycles. The van der Waals surface area contributed by atoms with Gasteiger partial charge in [-0.25, -0.2) is 13.1 Å². The van der Waals surface area contributed by atoms with Crippen LogP contribution in [0.1, 0.15) is 35.1 Å². The van der Waals surface area contributed by atoms with Crippen molar-refractivity contribution < 1.29 is 13.2 Å². The molecule has 0 heterocycles. The van der Waals surface area contributed by atoms with Crippen molar-refractivity contribution in [2.45, 2.75) is 44.7 Å². The molecule has 0 bridgehead atoms. The minimum absolute atomic E-state index is 0.105. The topological polar surface area (TPSA) is 78.5 Å². The van der Waals surface area contributed by atoms with Crippen LogP contribution in [0.25, 0.3) is 11.1 Å². The van der Waals surface area contributed by atoms with Gasteiger partial charge in [0.25, 0.3) is 0 Å². The predicted molar refractivity (Wildman–Crippen MR) is 141 cm³/mol. The summed E-state index contributed by atoms with van der Waals surface area (Å²) in [5.41, 5.74) is 6.46. The second-order valence-corrected chi connectivity index (χ2v) is 10.9. The minimum Gasteiger partial charge on any atom is -0.352 e. The molecule has 2 N–H and O–H groups in total. The summed E-state index contributed by atoms with van der Waals surface area (Å²) in [6.07, 6.45) is 0.668. The molecule has 0 fully saturated rings. The largest absolute Gasteiger partial charge is 0.352 e. The lowest BCUT2D eigenvalue weighted by molar-refractivity contribution is -0.121. The first kappa shape index (κ1) is 26.6. The van der Waals surface area contributed by atoms with E-state index in [2.05, 4.69) is 45.3 Å². The third-order valence-corrected chi connectivity index (χ3v) is 7.38. The molecular weight excluding hydrogens is 458 g/mol. The summed E-state index contributed by atoms with van der Waals surface area (Å²) >= 11 is 0. The lowest BCUT2D eigenvalue weighted by atomic mass is 9.98. The van der Waals surface area contributed by atoms with Crippen LogP contribution in [-0.2, 0) is 27.9 Å². The Morgan fingerprint density at radius 3 is 2.31 bits per heavy atom. The van der Waals surface area contributed by atoms with Crippen LogP contribution in [0.3, 0.4) is 0 Å².